The molecular formula is C18H21NO3. The van der Waals surface area contributed by atoms with Crippen molar-refractivity contribution in [2.45, 2.75) is 26.9 Å². The summed E-state index contributed by atoms with van der Waals surface area (Å²) in [5, 5.41) is 12.2. The highest BCUT2D eigenvalue weighted by molar-refractivity contribution is 5.87. The summed E-state index contributed by atoms with van der Waals surface area (Å²) in [5.74, 6) is 0.0386. The fourth-order valence-electron chi connectivity index (χ4n) is 2.58. The van der Waals surface area contributed by atoms with Gasteiger partial charge in [-0.15, -0.1) is 0 Å². The lowest BCUT2D eigenvalue weighted by Crippen LogP contribution is -2.13. The van der Waals surface area contributed by atoms with Crippen LogP contribution in [0.1, 0.15) is 32.6 Å². The molecule has 0 aliphatic carbocycles. The number of carbonyl (C=O) groups is 1. The van der Waals surface area contributed by atoms with Crippen molar-refractivity contribution in [3.63, 3.8) is 0 Å². The molecule has 2 aromatic carbocycles. The summed E-state index contributed by atoms with van der Waals surface area (Å²) in [6.07, 6.45) is 0. The number of benzene rings is 2. The Morgan fingerprint density at radius 3 is 2.09 bits per heavy atom. The molecule has 0 radical (unpaired) electrons. The Morgan fingerprint density at radius 2 is 1.59 bits per heavy atom. The molecule has 2 aromatic rings. The maximum Gasteiger partial charge on any atom is 0.335 e. The van der Waals surface area contributed by atoms with Crippen LogP contribution in [0.15, 0.2) is 36.4 Å². The molecule has 0 aliphatic rings. The molecule has 0 fully saturated rings. The molecule has 0 atom stereocenters. The molecule has 0 aliphatic heterocycles. The SMILES string of the molecule is COc1c(C)cc(CNCc2ccc(C(=O)O)cc2)cc1C. The fraction of sp³-hybridized carbons (Fsp3) is 0.278. The van der Waals surface area contributed by atoms with E-state index in [-0.39, 0.29) is 0 Å². The summed E-state index contributed by atoms with van der Waals surface area (Å²) in [4.78, 5) is 10.8. The van der Waals surface area contributed by atoms with Gasteiger partial charge in [-0.1, -0.05) is 24.3 Å². The molecule has 0 spiro atoms. The largest absolute Gasteiger partial charge is 0.496 e. The van der Waals surface area contributed by atoms with E-state index in [1.165, 1.54) is 5.56 Å². The first-order chi connectivity index (χ1) is 10.5. The quantitative estimate of drug-likeness (QED) is 0.859. The maximum atomic E-state index is 10.8. The van der Waals surface area contributed by atoms with E-state index in [1.54, 1.807) is 19.2 Å². The minimum absolute atomic E-state index is 0.310. The number of hydrogen-bond donors (Lipinski definition) is 2. The van der Waals surface area contributed by atoms with Crippen molar-refractivity contribution in [3.05, 3.63) is 64.2 Å². The van der Waals surface area contributed by atoms with Gasteiger partial charge in [0.15, 0.2) is 0 Å². The summed E-state index contributed by atoms with van der Waals surface area (Å²) in [6, 6.07) is 11.2. The molecule has 0 heterocycles. The van der Waals surface area contributed by atoms with Crippen LogP contribution in [0.25, 0.3) is 0 Å². The first kappa shape index (κ1) is 16.0. The number of rotatable bonds is 6. The van der Waals surface area contributed by atoms with Gasteiger partial charge in [0, 0.05) is 13.1 Å². The smallest absolute Gasteiger partial charge is 0.335 e. The molecule has 0 saturated heterocycles. The summed E-state index contributed by atoms with van der Waals surface area (Å²) >= 11 is 0. The van der Waals surface area contributed by atoms with Crippen molar-refractivity contribution in [1.29, 1.82) is 0 Å². The predicted molar refractivity (Wildman–Crippen MR) is 86.4 cm³/mol. The number of aromatic carboxylic acids is 1. The molecule has 0 aromatic heterocycles. The van der Waals surface area contributed by atoms with Crippen molar-refractivity contribution < 1.29 is 14.6 Å². The van der Waals surface area contributed by atoms with Gasteiger partial charge in [-0.05, 0) is 48.2 Å². The van der Waals surface area contributed by atoms with Crippen molar-refractivity contribution in [1.82, 2.24) is 5.32 Å². The zero-order valence-corrected chi connectivity index (χ0v) is 13.1. The minimum atomic E-state index is -0.899. The van der Waals surface area contributed by atoms with Gasteiger partial charge < -0.3 is 15.2 Å². The Balaban J connectivity index is 1.95. The molecule has 0 saturated carbocycles. The molecule has 0 bridgehead atoms. The van der Waals surface area contributed by atoms with E-state index >= 15 is 0 Å². The molecule has 116 valence electrons. The van der Waals surface area contributed by atoms with Gasteiger partial charge in [0.2, 0.25) is 0 Å². The van der Waals surface area contributed by atoms with E-state index in [9.17, 15) is 4.79 Å². The van der Waals surface area contributed by atoms with Crippen LogP contribution in [0, 0.1) is 13.8 Å². The fourth-order valence-corrected chi connectivity index (χ4v) is 2.58. The topological polar surface area (TPSA) is 58.6 Å². The molecule has 22 heavy (non-hydrogen) atoms. The van der Waals surface area contributed by atoms with Gasteiger partial charge in [-0.25, -0.2) is 4.79 Å². The van der Waals surface area contributed by atoms with E-state index in [1.807, 2.05) is 26.0 Å². The third kappa shape index (κ3) is 3.86. The summed E-state index contributed by atoms with van der Waals surface area (Å²) in [7, 11) is 1.69. The standard InChI is InChI=1S/C18H21NO3/c1-12-8-15(9-13(2)17(12)22-3)11-19-10-14-4-6-16(7-5-14)18(20)21/h4-9,19H,10-11H2,1-3H3,(H,20,21). The molecule has 2 N–H and O–H groups in total. The van der Waals surface area contributed by atoms with E-state index in [2.05, 4.69) is 17.4 Å². The van der Waals surface area contributed by atoms with Gasteiger partial charge in [0.1, 0.15) is 5.75 Å². The van der Waals surface area contributed by atoms with Gasteiger partial charge in [-0.2, -0.15) is 0 Å². The van der Waals surface area contributed by atoms with Crippen LogP contribution < -0.4 is 10.1 Å². The Labute approximate surface area is 130 Å². The maximum absolute atomic E-state index is 10.8. The Bertz CT molecular complexity index is 640. The second-order valence-corrected chi connectivity index (χ2v) is 5.37. The van der Waals surface area contributed by atoms with Gasteiger partial charge >= 0.3 is 5.97 Å². The highest BCUT2D eigenvalue weighted by Crippen LogP contribution is 2.24. The number of ether oxygens (including phenoxy) is 1. The second kappa shape index (κ2) is 7.09. The lowest BCUT2D eigenvalue weighted by molar-refractivity contribution is 0.0697. The van der Waals surface area contributed by atoms with Gasteiger partial charge in [0.05, 0.1) is 12.7 Å². The zero-order chi connectivity index (χ0) is 16.1. The first-order valence-corrected chi connectivity index (χ1v) is 7.18. The van der Waals surface area contributed by atoms with Crippen molar-refractivity contribution in [3.8, 4) is 5.75 Å². The molecular weight excluding hydrogens is 278 g/mol. The normalized spacial score (nSPS) is 10.5. The molecule has 4 heteroatoms. The number of methoxy groups -OCH3 is 1. The minimum Gasteiger partial charge on any atom is -0.496 e. The first-order valence-electron chi connectivity index (χ1n) is 7.18. The van der Waals surface area contributed by atoms with Crippen LogP contribution >= 0.6 is 0 Å². The van der Waals surface area contributed by atoms with E-state index in [0.29, 0.717) is 12.1 Å². The molecule has 0 unspecified atom stereocenters. The van der Waals surface area contributed by atoms with E-state index in [4.69, 9.17) is 9.84 Å². The van der Waals surface area contributed by atoms with E-state index < -0.39 is 5.97 Å². The van der Waals surface area contributed by atoms with Crippen molar-refractivity contribution in [2.24, 2.45) is 0 Å². The van der Waals surface area contributed by atoms with Gasteiger partial charge in [-0.3, -0.25) is 0 Å². The van der Waals surface area contributed by atoms with Gasteiger partial charge in [0.25, 0.3) is 0 Å². The second-order valence-electron chi connectivity index (χ2n) is 5.37. The molecule has 0 amide bonds. The third-order valence-electron chi connectivity index (χ3n) is 3.58. The van der Waals surface area contributed by atoms with Crippen LogP contribution in [-0.4, -0.2) is 18.2 Å². The van der Waals surface area contributed by atoms with Crippen LogP contribution in [-0.2, 0) is 13.1 Å². The number of carboxylic acids is 1. The Kier molecular flexibility index (Phi) is 5.17. The summed E-state index contributed by atoms with van der Waals surface area (Å²) in [5.41, 5.74) is 4.84. The zero-order valence-electron chi connectivity index (χ0n) is 13.1. The van der Waals surface area contributed by atoms with Crippen LogP contribution in [0.2, 0.25) is 0 Å². The van der Waals surface area contributed by atoms with Crippen molar-refractivity contribution in [2.75, 3.05) is 7.11 Å². The average molecular weight is 299 g/mol. The predicted octanol–water partition coefficient (Wildman–Crippen LogP) is 3.30. The lowest BCUT2D eigenvalue weighted by atomic mass is 10.1. The monoisotopic (exact) mass is 299 g/mol. The Morgan fingerprint density at radius 1 is 1.05 bits per heavy atom. The average Bonchev–Trinajstić information content (AvgIpc) is 2.47. The summed E-state index contributed by atoms with van der Waals surface area (Å²) in [6.45, 7) is 5.54. The van der Waals surface area contributed by atoms with Crippen LogP contribution in [0.5, 0.6) is 5.75 Å². The lowest BCUT2D eigenvalue weighted by Gasteiger charge is -2.12. The van der Waals surface area contributed by atoms with Crippen molar-refractivity contribution >= 4 is 5.97 Å². The third-order valence-corrected chi connectivity index (χ3v) is 3.58. The molecule has 2 rings (SSSR count). The summed E-state index contributed by atoms with van der Waals surface area (Å²) < 4.78 is 5.37. The molecule has 4 nitrogen and oxygen atoms in total. The number of hydrogen-bond acceptors (Lipinski definition) is 3. The highest BCUT2D eigenvalue weighted by atomic mass is 16.5. The highest BCUT2D eigenvalue weighted by Gasteiger charge is 2.05. The van der Waals surface area contributed by atoms with E-state index in [0.717, 1.165) is 29.0 Å². The number of aryl methyl sites for hydroxylation is 2. The number of nitrogens with one attached hydrogen (secondary N) is 1. The van der Waals surface area contributed by atoms with Crippen LogP contribution in [0.3, 0.4) is 0 Å². The van der Waals surface area contributed by atoms with Crippen LogP contribution in [0.4, 0.5) is 0 Å². The number of carboxylic acid groups (broad SMARTS) is 1. The Hall–Kier alpha value is -2.33.